The van der Waals surface area contributed by atoms with Crippen LogP contribution in [0.15, 0.2) is 113 Å². The van der Waals surface area contributed by atoms with Gasteiger partial charge in [0, 0.05) is 21.2 Å². The van der Waals surface area contributed by atoms with E-state index in [9.17, 15) is 25.3 Å². The molecule has 0 radical (unpaired) electrons. The minimum Gasteiger partial charge on any atom is -0.403 e. The fourth-order valence-electron chi connectivity index (χ4n) is 4.16. The standard InChI is InChI=1S/C28H16Cl4N6O8S3/c29-17-5-11-21(31)23(13-17)48(41,42)37-27-35-33-25(45-27)15-1-7-19(8-2-15)47(39,40)20-9-3-16(4-10-20)26-34-36-28(46-26)38-49(43,44)24-14-18(30)6-12-22(24)32/h1-14H,(H,35,37)(H,36,38). The van der Waals surface area contributed by atoms with Crippen LogP contribution in [0.4, 0.5) is 12.0 Å². The second kappa shape index (κ2) is 13.2. The monoisotopic (exact) mass is 800 g/mol. The Labute approximate surface area is 298 Å². The highest BCUT2D eigenvalue weighted by Gasteiger charge is 2.24. The lowest BCUT2D eigenvalue weighted by atomic mass is 10.2. The van der Waals surface area contributed by atoms with Gasteiger partial charge < -0.3 is 8.83 Å². The van der Waals surface area contributed by atoms with E-state index in [-0.39, 0.29) is 51.5 Å². The summed E-state index contributed by atoms with van der Waals surface area (Å²) in [5.41, 5.74) is 0.599. The van der Waals surface area contributed by atoms with Crippen LogP contribution >= 0.6 is 46.4 Å². The van der Waals surface area contributed by atoms with Gasteiger partial charge in [-0.2, -0.15) is 0 Å². The lowest BCUT2D eigenvalue weighted by Crippen LogP contribution is -2.13. The zero-order valence-electron chi connectivity index (χ0n) is 23.9. The molecule has 0 aliphatic heterocycles. The molecule has 252 valence electrons. The summed E-state index contributed by atoms with van der Waals surface area (Å²) in [6, 6.07) is 17.7. The quantitative estimate of drug-likeness (QED) is 0.146. The minimum absolute atomic E-state index is 0.0748. The predicted octanol–water partition coefficient (Wildman–Crippen LogP) is 6.83. The van der Waals surface area contributed by atoms with E-state index in [1.165, 1.54) is 72.8 Å². The second-order valence-electron chi connectivity index (χ2n) is 9.74. The molecule has 0 aliphatic carbocycles. The van der Waals surface area contributed by atoms with E-state index in [2.05, 4.69) is 29.8 Å². The molecule has 49 heavy (non-hydrogen) atoms. The molecule has 14 nitrogen and oxygen atoms in total. The molecule has 0 aliphatic rings. The van der Waals surface area contributed by atoms with Crippen LogP contribution in [0.3, 0.4) is 0 Å². The van der Waals surface area contributed by atoms with Crippen LogP contribution < -0.4 is 9.44 Å². The number of halogens is 4. The first-order valence-electron chi connectivity index (χ1n) is 13.2. The van der Waals surface area contributed by atoms with Crippen LogP contribution in [-0.4, -0.2) is 45.6 Å². The molecule has 0 atom stereocenters. The van der Waals surface area contributed by atoms with Gasteiger partial charge in [0.25, 0.3) is 20.0 Å². The number of benzene rings is 4. The number of hydrogen-bond acceptors (Lipinski definition) is 12. The molecular formula is C28H16Cl4N6O8S3. The number of nitrogens with zero attached hydrogens (tertiary/aromatic N) is 4. The molecule has 4 aromatic carbocycles. The summed E-state index contributed by atoms with van der Waals surface area (Å²) in [7, 11) is -12.5. The van der Waals surface area contributed by atoms with E-state index in [4.69, 9.17) is 55.2 Å². The van der Waals surface area contributed by atoms with Crippen LogP contribution in [0.25, 0.3) is 22.9 Å². The van der Waals surface area contributed by atoms with Crippen LogP contribution in [0.2, 0.25) is 20.1 Å². The summed E-state index contributed by atoms with van der Waals surface area (Å²) >= 11 is 23.8. The molecule has 2 heterocycles. The van der Waals surface area contributed by atoms with Crippen molar-refractivity contribution in [3.63, 3.8) is 0 Å². The van der Waals surface area contributed by atoms with E-state index in [0.29, 0.717) is 11.1 Å². The van der Waals surface area contributed by atoms with Crippen molar-refractivity contribution in [2.75, 3.05) is 9.44 Å². The summed E-state index contributed by atoms with van der Waals surface area (Å²) in [6.07, 6.45) is 0. The number of sulfone groups is 1. The lowest BCUT2D eigenvalue weighted by Gasteiger charge is -2.07. The zero-order chi connectivity index (χ0) is 35.1. The van der Waals surface area contributed by atoms with Gasteiger partial charge in [-0.25, -0.2) is 34.7 Å². The molecule has 0 bridgehead atoms. The Morgan fingerprint density at radius 2 is 0.857 bits per heavy atom. The van der Waals surface area contributed by atoms with E-state index in [1.54, 1.807) is 0 Å². The van der Waals surface area contributed by atoms with E-state index in [0.717, 1.165) is 12.1 Å². The molecule has 2 N–H and O–H groups in total. The smallest absolute Gasteiger partial charge is 0.330 e. The number of sulfonamides is 2. The molecule has 0 saturated heterocycles. The summed E-state index contributed by atoms with van der Waals surface area (Å²) in [4.78, 5) is -0.744. The van der Waals surface area contributed by atoms with Gasteiger partial charge in [-0.3, -0.25) is 0 Å². The third-order valence-electron chi connectivity index (χ3n) is 6.48. The molecule has 21 heteroatoms. The van der Waals surface area contributed by atoms with Crippen molar-refractivity contribution in [3.05, 3.63) is 105 Å². The molecule has 0 spiro atoms. The largest absolute Gasteiger partial charge is 0.403 e. The van der Waals surface area contributed by atoms with Gasteiger partial charge in [0.1, 0.15) is 9.79 Å². The molecular weight excluding hydrogens is 786 g/mol. The maximum atomic E-state index is 13.3. The Morgan fingerprint density at radius 3 is 1.22 bits per heavy atom. The fraction of sp³-hybridized carbons (Fsp3) is 0. The number of rotatable bonds is 10. The molecule has 2 aromatic heterocycles. The van der Waals surface area contributed by atoms with Crippen LogP contribution in [0, 0.1) is 0 Å². The number of hydrogen-bond donors (Lipinski definition) is 2. The zero-order valence-corrected chi connectivity index (χ0v) is 29.3. The van der Waals surface area contributed by atoms with Gasteiger partial charge in [-0.15, -0.1) is 10.2 Å². The van der Waals surface area contributed by atoms with Crippen molar-refractivity contribution >= 4 is 88.3 Å². The van der Waals surface area contributed by atoms with Gasteiger partial charge >= 0.3 is 12.0 Å². The summed E-state index contributed by atoms with van der Waals surface area (Å²) < 4.78 is 92.7. The van der Waals surface area contributed by atoms with Gasteiger partial charge in [0.2, 0.25) is 21.6 Å². The van der Waals surface area contributed by atoms with E-state index in [1.807, 2.05) is 0 Å². The van der Waals surface area contributed by atoms with Gasteiger partial charge in [-0.1, -0.05) is 56.6 Å². The molecule has 0 saturated carbocycles. The Balaban J connectivity index is 1.15. The van der Waals surface area contributed by atoms with Gasteiger partial charge in [0.15, 0.2) is 0 Å². The molecule has 0 amide bonds. The number of anilines is 2. The van der Waals surface area contributed by atoms with Gasteiger partial charge in [-0.05, 0) is 84.9 Å². The SMILES string of the molecule is O=S(=O)(Nc1nnc(-c2ccc(S(=O)(=O)c3ccc(-c4nnc(NS(=O)(=O)c5cc(Cl)ccc5Cl)o4)cc3)cc2)o1)c1cc(Cl)ccc1Cl. The fourth-order valence-corrected chi connectivity index (χ4v) is 8.80. The first-order valence-corrected chi connectivity index (χ1v) is 19.2. The molecule has 6 aromatic rings. The highest BCUT2D eigenvalue weighted by molar-refractivity contribution is 7.93. The summed E-state index contributed by atoms with van der Waals surface area (Å²) in [5.74, 6) is -0.194. The first-order chi connectivity index (χ1) is 23.1. The van der Waals surface area contributed by atoms with E-state index < -0.39 is 41.9 Å². The number of aromatic nitrogens is 4. The van der Waals surface area contributed by atoms with Crippen molar-refractivity contribution in [2.24, 2.45) is 0 Å². The third-order valence-corrected chi connectivity index (χ3v) is 12.3. The van der Waals surface area contributed by atoms with Crippen molar-refractivity contribution in [3.8, 4) is 22.9 Å². The van der Waals surface area contributed by atoms with E-state index >= 15 is 0 Å². The van der Waals surface area contributed by atoms with Crippen LogP contribution in [0.1, 0.15) is 0 Å². The third kappa shape index (κ3) is 7.37. The Kier molecular flexibility index (Phi) is 9.35. The van der Waals surface area contributed by atoms with Crippen molar-refractivity contribution in [1.29, 1.82) is 0 Å². The number of nitrogens with one attached hydrogen (secondary N) is 2. The average Bonchev–Trinajstić information content (AvgIpc) is 3.72. The Bertz CT molecular complexity index is 2370. The van der Waals surface area contributed by atoms with Gasteiger partial charge in [0.05, 0.1) is 19.8 Å². The highest BCUT2D eigenvalue weighted by atomic mass is 35.5. The molecule has 0 fully saturated rings. The predicted molar refractivity (Wildman–Crippen MR) is 179 cm³/mol. The topological polar surface area (TPSA) is 204 Å². The maximum Gasteiger partial charge on any atom is 0.330 e. The van der Waals surface area contributed by atoms with Crippen molar-refractivity contribution in [2.45, 2.75) is 19.6 Å². The van der Waals surface area contributed by atoms with Crippen molar-refractivity contribution in [1.82, 2.24) is 20.4 Å². The summed E-state index contributed by atoms with van der Waals surface area (Å²) in [6.45, 7) is 0. The molecule has 6 rings (SSSR count). The Hall–Kier alpha value is -4.23. The van der Waals surface area contributed by atoms with Crippen molar-refractivity contribution < 1.29 is 34.1 Å². The summed E-state index contributed by atoms with van der Waals surface area (Å²) in [5, 5.41) is 15.1. The molecule has 0 unspecified atom stereocenters. The van der Waals surface area contributed by atoms with Crippen LogP contribution in [-0.2, 0) is 29.9 Å². The van der Waals surface area contributed by atoms with Crippen LogP contribution in [0.5, 0.6) is 0 Å². The normalized spacial score (nSPS) is 12.2. The average molecular weight is 802 g/mol. The highest BCUT2D eigenvalue weighted by Crippen LogP contribution is 2.31. The lowest BCUT2D eigenvalue weighted by molar-refractivity contribution is 0.575. The second-order valence-corrected chi connectivity index (χ2v) is 16.7. The Morgan fingerprint density at radius 1 is 0.490 bits per heavy atom. The maximum absolute atomic E-state index is 13.3. The first kappa shape index (κ1) is 34.6. The minimum atomic E-state index is -4.22.